The van der Waals surface area contributed by atoms with Crippen molar-refractivity contribution in [1.29, 1.82) is 0 Å². The van der Waals surface area contributed by atoms with E-state index in [4.69, 9.17) is 0 Å². The van der Waals surface area contributed by atoms with E-state index < -0.39 is 0 Å². The van der Waals surface area contributed by atoms with Crippen LogP contribution in [0.15, 0.2) is 24.3 Å². The van der Waals surface area contributed by atoms with Gasteiger partial charge in [0.05, 0.1) is 0 Å². The maximum atomic E-state index is 9.32. The molecule has 108 valence electrons. The van der Waals surface area contributed by atoms with Crippen LogP contribution >= 0.6 is 0 Å². The summed E-state index contributed by atoms with van der Waals surface area (Å²) in [5, 5.41) is 9.32. The van der Waals surface area contributed by atoms with Gasteiger partial charge in [0.25, 0.3) is 0 Å². The molecule has 0 aliphatic heterocycles. The van der Waals surface area contributed by atoms with Gasteiger partial charge in [0.2, 0.25) is 0 Å². The van der Waals surface area contributed by atoms with Gasteiger partial charge >= 0.3 is 0 Å². The minimum Gasteiger partial charge on any atom is -0.508 e. The molecule has 1 aromatic rings. The molecule has 2 atom stereocenters. The summed E-state index contributed by atoms with van der Waals surface area (Å²) in [6.07, 6.45) is 1.02. The first kappa shape index (κ1) is 16.0. The first-order valence-electron chi connectivity index (χ1n) is 7.12. The van der Waals surface area contributed by atoms with Gasteiger partial charge in [0.1, 0.15) is 5.75 Å². The normalized spacial score (nSPS) is 14.9. The summed E-state index contributed by atoms with van der Waals surface area (Å²) in [6, 6.07) is 8.60. The predicted octanol–water partition coefficient (Wildman–Crippen LogP) is 2.60. The monoisotopic (exact) mass is 264 g/mol. The predicted molar refractivity (Wildman–Crippen MR) is 81.7 cm³/mol. The largest absolute Gasteiger partial charge is 0.508 e. The minimum atomic E-state index is 0.338. The molecule has 0 bridgehead atoms. The number of hydrogen-bond donors (Lipinski definition) is 1. The molecule has 0 aromatic heterocycles. The van der Waals surface area contributed by atoms with Crippen LogP contribution < -0.4 is 0 Å². The molecule has 0 spiro atoms. The van der Waals surface area contributed by atoms with Crippen molar-refractivity contribution >= 4 is 0 Å². The summed E-state index contributed by atoms with van der Waals surface area (Å²) in [6.45, 7) is 8.93. The van der Waals surface area contributed by atoms with Crippen LogP contribution in [0, 0.1) is 0 Å². The average Bonchev–Trinajstić information content (AvgIpc) is 2.32. The number of nitrogens with zero attached hydrogens (tertiary/aromatic N) is 2. The standard InChI is InChI=1S/C16H28N2O/c1-6-18(14(3)12-17(4)5)13(2)11-15-7-9-16(19)10-8-15/h7-10,13-14,19H,6,11-12H2,1-5H3. The minimum absolute atomic E-state index is 0.338. The third-order valence-electron chi connectivity index (χ3n) is 3.59. The lowest BCUT2D eigenvalue weighted by molar-refractivity contribution is 0.136. The van der Waals surface area contributed by atoms with Gasteiger partial charge in [-0.1, -0.05) is 19.1 Å². The van der Waals surface area contributed by atoms with Gasteiger partial charge in [-0.05, 0) is 58.6 Å². The highest BCUT2D eigenvalue weighted by molar-refractivity contribution is 5.26. The number of aromatic hydroxyl groups is 1. The van der Waals surface area contributed by atoms with Gasteiger partial charge in [-0.25, -0.2) is 0 Å². The Hall–Kier alpha value is -1.06. The van der Waals surface area contributed by atoms with Gasteiger partial charge < -0.3 is 10.0 Å². The molecule has 19 heavy (non-hydrogen) atoms. The third-order valence-corrected chi connectivity index (χ3v) is 3.59. The SMILES string of the molecule is CCN(C(C)Cc1ccc(O)cc1)C(C)CN(C)C. The molecule has 1 N–H and O–H groups in total. The molecule has 0 fully saturated rings. The van der Waals surface area contributed by atoms with Crippen molar-refractivity contribution in [3.05, 3.63) is 29.8 Å². The maximum Gasteiger partial charge on any atom is 0.115 e. The van der Waals surface area contributed by atoms with Gasteiger partial charge in [-0.3, -0.25) is 4.90 Å². The molecule has 3 nitrogen and oxygen atoms in total. The molecular weight excluding hydrogens is 236 g/mol. The van der Waals surface area contributed by atoms with E-state index in [0.717, 1.165) is 19.5 Å². The Morgan fingerprint density at radius 3 is 2.11 bits per heavy atom. The van der Waals surface area contributed by atoms with E-state index in [1.165, 1.54) is 5.56 Å². The van der Waals surface area contributed by atoms with Crippen LogP contribution in [-0.4, -0.2) is 54.2 Å². The van der Waals surface area contributed by atoms with Crippen LogP contribution in [0.25, 0.3) is 0 Å². The fourth-order valence-electron chi connectivity index (χ4n) is 2.78. The molecule has 0 saturated heterocycles. The lowest BCUT2D eigenvalue weighted by Crippen LogP contribution is -2.45. The molecule has 1 rings (SSSR count). The van der Waals surface area contributed by atoms with Crippen molar-refractivity contribution < 1.29 is 5.11 Å². The average molecular weight is 264 g/mol. The van der Waals surface area contributed by atoms with E-state index in [1.807, 2.05) is 12.1 Å². The molecule has 0 saturated carbocycles. The van der Waals surface area contributed by atoms with Crippen LogP contribution in [0.4, 0.5) is 0 Å². The fraction of sp³-hybridized carbons (Fsp3) is 0.625. The lowest BCUT2D eigenvalue weighted by atomic mass is 10.0. The summed E-state index contributed by atoms with van der Waals surface area (Å²) in [4.78, 5) is 4.77. The first-order chi connectivity index (χ1) is 8.93. The lowest BCUT2D eigenvalue weighted by Gasteiger charge is -2.35. The van der Waals surface area contributed by atoms with Gasteiger partial charge in [0.15, 0.2) is 0 Å². The Balaban J connectivity index is 2.62. The molecular formula is C16H28N2O. The van der Waals surface area contributed by atoms with Crippen molar-refractivity contribution in [2.75, 3.05) is 27.2 Å². The van der Waals surface area contributed by atoms with Crippen molar-refractivity contribution in [3.63, 3.8) is 0 Å². The fourth-order valence-corrected chi connectivity index (χ4v) is 2.78. The van der Waals surface area contributed by atoms with Crippen LogP contribution in [0.1, 0.15) is 26.3 Å². The van der Waals surface area contributed by atoms with Crippen LogP contribution in [0.5, 0.6) is 5.75 Å². The molecule has 1 aromatic carbocycles. The Kier molecular flexibility index (Phi) is 6.32. The molecule has 0 amide bonds. The van der Waals surface area contributed by atoms with E-state index in [-0.39, 0.29) is 0 Å². The molecule has 2 unspecified atom stereocenters. The van der Waals surface area contributed by atoms with Crippen LogP contribution in [0.3, 0.4) is 0 Å². The van der Waals surface area contributed by atoms with E-state index in [1.54, 1.807) is 12.1 Å². The highest BCUT2D eigenvalue weighted by Gasteiger charge is 2.19. The summed E-state index contributed by atoms with van der Waals surface area (Å²) < 4.78 is 0. The third kappa shape index (κ3) is 5.21. The Bertz CT molecular complexity index is 362. The van der Waals surface area contributed by atoms with E-state index >= 15 is 0 Å². The summed E-state index contributed by atoms with van der Waals surface area (Å²) >= 11 is 0. The number of phenolic OH excluding ortho intramolecular Hbond substituents is 1. The summed E-state index contributed by atoms with van der Waals surface area (Å²) in [5.74, 6) is 0.338. The summed E-state index contributed by atoms with van der Waals surface area (Å²) in [5.41, 5.74) is 1.28. The van der Waals surface area contributed by atoms with Gasteiger partial charge in [-0.2, -0.15) is 0 Å². The Morgan fingerprint density at radius 1 is 1.05 bits per heavy atom. The quantitative estimate of drug-likeness (QED) is 0.820. The van der Waals surface area contributed by atoms with Crippen molar-refractivity contribution in [3.8, 4) is 5.75 Å². The van der Waals surface area contributed by atoms with E-state index in [9.17, 15) is 5.11 Å². The molecule has 0 heterocycles. The zero-order valence-corrected chi connectivity index (χ0v) is 12.9. The molecule has 0 aliphatic carbocycles. The second-order valence-corrected chi connectivity index (χ2v) is 5.66. The topological polar surface area (TPSA) is 26.7 Å². The number of likely N-dealkylation sites (N-methyl/N-ethyl adjacent to an activating group) is 2. The number of benzene rings is 1. The van der Waals surface area contributed by atoms with Crippen molar-refractivity contribution in [2.24, 2.45) is 0 Å². The van der Waals surface area contributed by atoms with Gasteiger partial charge in [-0.15, -0.1) is 0 Å². The maximum absolute atomic E-state index is 9.32. The highest BCUT2D eigenvalue weighted by atomic mass is 16.3. The second kappa shape index (κ2) is 7.51. The van der Waals surface area contributed by atoms with Crippen LogP contribution in [-0.2, 0) is 6.42 Å². The van der Waals surface area contributed by atoms with Crippen molar-refractivity contribution in [1.82, 2.24) is 9.80 Å². The molecule has 0 radical (unpaired) electrons. The first-order valence-corrected chi connectivity index (χ1v) is 7.12. The zero-order valence-electron chi connectivity index (χ0n) is 12.9. The highest BCUT2D eigenvalue weighted by Crippen LogP contribution is 2.15. The number of hydrogen-bond acceptors (Lipinski definition) is 3. The number of phenols is 1. The van der Waals surface area contributed by atoms with Crippen molar-refractivity contribution in [2.45, 2.75) is 39.3 Å². The Morgan fingerprint density at radius 2 is 1.63 bits per heavy atom. The molecule has 3 heteroatoms. The van der Waals surface area contributed by atoms with Gasteiger partial charge in [0, 0.05) is 18.6 Å². The van der Waals surface area contributed by atoms with E-state index in [2.05, 4.69) is 44.7 Å². The number of rotatable bonds is 7. The molecule has 0 aliphatic rings. The Labute approximate surface area is 117 Å². The van der Waals surface area contributed by atoms with Crippen LogP contribution in [0.2, 0.25) is 0 Å². The zero-order chi connectivity index (χ0) is 14.4. The van der Waals surface area contributed by atoms with E-state index in [0.29, 0.717) is 17.8 Å². The summed E-state index contributed by atoms with van der Waals surface area (Å²) in [7, 11) is 4.24. The smallest absolute Gasteiger partial charge is 0.115 e. The second-order valence-electron chi connectivity index (χ2n) is 5.66.